The Morgan fingerprint density at radius 2 is 1.80 bits per heavy atom. The number of imide groups is 1. The molecule has 0 aromatic heterocycles. The van der Waals surface area contributed by atoms with Crippen molar-refractivity contribution in [3.8, 4) is 0 Å². The van der Waals surface area contributed by atoms with Crippen LogP contribution in [0.5, 0.6) is 0 Å². The molecule has 14 atom stereocenters. The molecule has 7 aliphatic rings. The summed E-state index contributed by atoms with van der Waals surface area (Å²) < 4.78 is 31.1. The number of piperidine rings is 1. The molecule has 13 nitrogen and oxygen atoms in total. The summed E-state index contributed by atoms with van der Waals surface area (Å²) >= 11 is 0. The molecule has 5 saturated carbocycles. The average molecular weight is 711 g/mol. The number of nitrogens with zero attached hydrogens (tertiary/aromatic N) is 2. The van der Waals surface area contributed by atoms with Gasteiger partial charge in [0, 0.05) is 82.1 Å². The maximum absolute atomic E-state index is 14.1. The first-order valence-corrected chi connectivity index (χ1v) is 18.4. The Balaban J connectivity index is 1.24. The van der Waals surface area contributed by atoms with E-state index >= 15 is 0 Å². The Labute approximate surface area is 297 Å². The normalized spacial score (nSPS) is 46.4. The van der Waals surface area contributed by atoms with Gasteiger partial charge in [-0.1, -0.05) is 26.0 Å². The summed E-state index contributed by atoms with van der Waals surface area (Å²) in [5, 5.41) is 26.7. The van der Waals surface area contributed by atoms with Gasteiger partial charge in [-0.05, 0) is 43.9 Å². The highest BCUT2D eigenvalue weighted by Crippen LogP contribution is 2.80. The predicted octanol–water partition coefficient (Wildman–Crippen LogP) is 1.95. The Bertz CT molecular complexity index is 1650. The van der Waals surface area contributed by atoms with Crippen LogP contribution < -0.4 is 4.90 Å². The van der Waals surface area contributed by atoms with Gasteiger partial charge in [-0.3, -0.25) is 19.3 Å². The van der Waals surface area contributed by atoms with Crippen LogP contribution in [0.1, 0.15) is 63.2 Å². The molecule has 7 fully saturated rings. The minimum absolute atomic E-state index is 0.0201. The lowest BCUT2D eigenvalue weighted by Crippen LogP contribution is -2.82. The zero-order chi connectivity index (χ0) is 36.4. The molecule has 2 amide bonds. The summed E-state index contributed by atoms with van der Waals surface area (Å²) in [6.07, 6.45) is -0.303. The molecule has 2 N–H and O–H groups in total. The molecule has 0 unspecified atom stereocenters. The fraction of sp³-hybridized carbons (Fsp3) is 0.737. The average Bonchev–Trinajstić information content (AvgIpc) is 3.61. The van der Waals surface area contributed by atoms with E-state index in [-0.39, 0.29) is 60.5 Å². The molecular weight excluding hydrogens is 660 g/mol. The van der Waals surface area contributed by atoms with E-state index in [0.717, 1.165) is 4.90 Å². The molecule has 5 aliphatic carbocycles. The van der Waals surface area contributed by atoms with Gasteiger partial charge in [-0.15, -0.1) is 0 Å². The number of rotatable bonds is 9. The van der Waals surface area contributed by atoms with Crippen molar-refractivity contribution in [3.05, 3.63) is 29.8 Å². The van der Waals surface area contributed by atoms with Gasteiger partial charge in [0.15, 0.2) is 0 Å². The fourth-order valence-electron chi connectivity index (χ4n) is 13.2. The van der Waals surface area contributed by atoms with Gasteiger partial charge in [-0.2, -0.15) is 0 Å². The molecule has 13 heteroatoms. The number of carbonyl (C=O) groups excluding carboxylic acids is 4. The van der Waals surface area contributed by atoms with E-state index in [2.05, 4.69) is 4.90 Å². The second-order valence-electron chi connectivity index (χ2n) is 16.3. The van der Waals surface area contributed by atoms with Crippen molar-refractivity contribution in [2.24, 2.45) is 40.4 Å². The molecule has 278 valence electrons. The van der Waals surface area contributed by atoms with Gasteiger partial charge in [0.1, 0.15) is 17.3 Å². The first-order chi connectivity index (χ1) is 24.3. The number of benzene rings is 1. The second-order valence-corrected chi connectivity index (χ2v) is 16.3. The van der Waals surface area contributed by atoms with Crippen molar-refractivity contribution in [1.29, 1.82) is 0 Å². The largest absolute Gasteiger partial charge is 0.462 e. The second kappa shape index (κ2) is 11.8. The number of carbonyl (C=O) groups is 4. The first-order valence-electron chi connectivity index (χ1n) is 18.4. The lowest BCUT2D eigenvalue weighted by molar-refractivity contribution is -0.319. The van der Waals surface area contributed by atoms with Crippen molar-refractivity contribution >= 4 is 29.4 Å². The summed E-state index contributed by atoms with van der Waals surface area (Å²) in [4.78, 5) is 55.9. The highest BCUT2D eigenvalue weighted by molar-refractivity contribution is 6.22. The maximum Gasteiger partial charge on any atom is 0.340 e. The number of ether oxygens (including phenoxy) is 5. The summed E-state index contributed by atoms with van der Waals surface area (Å²) in [6.45, 7) is 6.10. The maximum atomic E-state index is 14.1. The van der Waals surface area contributed by atoms with E-state index < -0.39 is 76.1 Å². The van der Waals surface area contributed by atoms with Gasteiger partial charge in [0.25, 0.3) is 0 Å². The zero-order valence-electron chi connectivity index (χ0n) is 30.2. The smallest absolute Gasteiger partial charge is 0.340 e. The van der Waals surface area contributed by atoms with Crippen LogP contribution in [-0.2, 0) is 38.1 Å². The molecule has 8 rings (SSSR count). The standard InChI is InChI=1S/C38H50N2O11/c1-7-39-17-35(18-50-33(44)21-10-8-9-11-24(21)40-27(42)14-19(2)32(40)43)13-12-26(48-5)37-23-15-22-25(47-4)16-36(45,28(23)29(22)51-20(3)41)38(46,34(37)39)31(49-6)30(35)37/h8-11,19,22-23,25-26,28-31,34,45-46H,7,12-18H2,1-6H3/t19-,22+,23+,25-,26-,28+,29-,30-,31-,34-,35-,36+,37+,38+/m0/s1. The number of anilines is 1. The fourth-order valence-corrected chi connectivity index (χ4v) is 13.2. The monoisotopic (exact) mass is 710 g/mol. The van der Waals surface area contributed by atoms with E-state index in [1.54, 1.807) is 52.5 Å². The Hall–Kier alpha value is -2.94. The summed E-state index contributed by atoms with van der Waals surface area (Å²) in [7, 11) is 4.85. The Morgan fingerprint density at radius 1 is 1.06 bits per heavy atom. The third-order valence-corrected chi connectivity index (χ3v) is 14.6. The number of amides is 2. The molecule has 7 bridgehead atoms. The summed E-state index contributed by atoms with van der Waals surface area (Å²) in [5.41, 5.74) is -4.72. The van der Waals surface area contributed by atoms with Gasteiger partial charge >= 0.3 is 11.9 Å². The van der Waals surface area contributed by atoms with Gasteiger partial charge in [0.2, 0.25) is 11.8 Å². The molecule has 1 aromatic rings. The van der Waals surface area contributed by atoms with E-state index in [9.17, 15) is 29.4 Å². The number of hydrogen-bond donors (Lipinski definition) is 2. The first kappa shape index (κ1) is 35.1. The third-order valence-electron chi connectivity index (χ3n) is 14.6. The molecule has 2 saturated heterocycles. The number of aliphatic hydroxyl groups is 2. The highest BCUT2D eigenvalue weighted by atomic mass is 16.6. The number of methoxy groups -OCH3 is 3. The quantitative estimate of drug-likeness (QED) is 0.284. The highest BCUT2D eigenvalue weighted by Gasteiger charge is 2.92. The minimum Gasteiger partial charge on any atom is -0.462 e. The molecular formula is C38H50N2O11. The zero-order valence-corrected chi connectivity index (χ0v) is 30.2. The third kappa shape index (κ3) is 4.19. The van der Waals surface area contributed by atoms with Crippen LogP contribution in [0, 0.1) is 40.4 Å². The van der Waals surface area contributed by atoms with Gasteiger partial charge in [0.05, 0.1) is 42.2 Å². The summed E-state index contributed by atoms with van der Waals surface area (Å²) in [6, 6.07) is 5.95. The molecule has 1 spiro atoms. The van der Waals surface area contributed by atoms with Crippen molar-refractivity contribution in [3.63, 3.8) is 0 Å². The van der Waals surface area contributed by atoms with Crippen LogP contribution in [0.25, 0.3) is 0 Å². The molecule has 2 heterocycles. The topological polar surface area (TPSA) is 161 Å². The summed E-state index contributed by atoms with van der Waals surface area (Å²) in [5.74, 6) is -3.74. The van der Waals surface area contributed by atoms with Crippen LogP contribution in [0.2, 0.25) is 0 Å². The number of para-hydroxylation sites is 1. The van der Waals surface area contributed by atoms with Crippen LogP contribution in [-0.4, -0.2) is 122 Å². The van der Waals surface area contributed by atoms with Crippen LogP contribution >= 0.6 is 0 Å². The number of fused-ring (bicyclic) bond motifs is 2. The number of likely N-dealkylation sites (tertiary alicyclic amines) is 1. The molecule has 2 aliphatic heterocycles. The van der Waals surface area contributed by atoms with Crippen molar-refractivity contribution in [1.82, 2.24) is 4.90 Å². The predicted molar refractivity (Wildman–Crippen MR) is 179 cm³/mol. The van der Waals surface area contributed by atoms with Gasteiger partial charge in [-0.25, -0.2) is 9.69 Å². The van der Waals surface area contributed by atoms with E-state index in [4.69, 9.17) is 23.7 Å². The minimum atomic E-state index is -1.82. The molecule has 51 heavy (non-hydrogen) atoms. The van der Waals surface area contributed by atoms with Gasteiger partial charge < -0.3 is 33.9 Å². The van der Waals surface area contributed by atoms with Crippen molar-refractivity contribution < 1.29 is 53.1 Å². The molecule has 1 aromatic carbocycles. The van der Waals surface area contributed by atoms with Crippen molar-refractivity contribution in [2.45, 2.75) is 94.5 Å². The number of esters is 2. The van der Waals surface area contributed by atoms with E-state index in [1.165, 1.54) is 6.92 Å². The SMILES string of the molecule is CCN1C[C@]2(COC(=O)c3ccccc3N3C(=O)C[C@H](C)C3=O)CC[C@H](OC)[C@]34[C@@H]5C[C@H]6[C@H](OC(C)=O)[C@@H]5[C@](O)(C[C@@H]6OC)[C@@](O)([C@@H](OC)[C@@H]23)[C@@H]14. The van der Waals surface area contributed by atoms with E-state index in [0.29, 0.717) is 32.4 Å². The van der Waals surface area contributed by atoms with Crippen LogP contribution in [0.15, 0.2) is 24.3 Å². The lowest BCUT2D eigenvalue weighted by atomic mass is 9.42. The Morgan fingerprint density at radius 3 is 2.43 bits per heavy atom. The van der Waals surface area contributed by atoms with E-state index in [1.807, 2.05) is 6.92 Å². The van der Waals surface area contributed by atoms with Crippen molar-refractivity contribution in [2.75, 3.05) is 45.9 Å². The van der Waals surface area contributed by atoms with Crippen LogP contribution in [0.4, 0.5) is 5.69 Å². The number of hydrogen-bond acceptors (Lipinski definition) is 12. The molecule has 0 radical (unpaired) electrons. The Kier molecular flexibility index (Phi) is 8.11. The van der Waals surface area contributed by atoms with Crippen LogP contribution in [0.3, 0.4) is 0 Å². The lowest BCUT2D eigenvalue weighted by Gasteiger charge is -2.70. The number of likely N-dealkylation sites (N-methyl/N-ethyl adjacent to an activating group) is 1.